The largest absolute Gasteiger partial charge is 0.481 e. The summed E-state index contributed by atoms with van der Waals surface area (Å²) in [5, 5.41) is 20.6. The van der Waals surface area contributed by atoms with Crippen LogP contribution in [0.2, 0.25) is 0 Å². The van der Waals surface area contributed by atoms with Gasteiger partial charge in [-0.2, -0.15) is 0 Å². The van der Waals surface area contributed by atoms with Gasteiger partial charge in [-0.15, -0.1) is 0 Å². The maximum Gasteiger partial charge on any atom is 0.407 e. The molecule has 3 N–H and O–H groups in total. The minimum atomic E-state index is -1.21. The van der Waals surface area contributed by atoms with Crippen molar-refractivity contribution in [3.05, 3.63) is 35.9 Å². The summed E-state index contributed by atoms with van der Waals surface area (Å²) in [5.74, 6) is -1.93. The maximum atomic E-state index is 11.8. The number of hydrogen-bond donors (Lipinski definition) is 3. The Morgan fingerprint density at radius 3 is 2.48 bits per heavy atom. The zero-order valence-corrected chi connectivity index (χ0v) is 12.3. The number of alkyl carbamates (subject to hydrolysis) is 1. The Morgan fingerprint density at radius 2 is 1.87 bits per heavy atom. The van der Waals surface area contributed by atoms with Crippen molar-refractivity contribution >= 4 is 18.2 Å². The molecule has 124 valence electrons. The molecule has 1 aromatic rings. The Balaban J connectivity index is 1.88. The summed E-state index contributed by atoms with van der Waals surface area (Å²) in [6, 6.07) is 8.50. The predicted octanol–water partition coefficient (Wildman–Crippen LogP) is 1.37. The minimum absolute atomic E-state index is 0.0412. The van der Waals surface area contributed by atoms with Gasteiger partial charge in [-0.05, 0) is 12.0 Å². The summed E-state index contributed by atoms with van der Waals surface area (Å²) >= 11 is 0. The highest BCUT2D eigenvalue weighted by atomic mass is 16.5. The lowest BCUT2D eigenvalue weighted by Gasteiger charge is -2.34. The fourth-order valence-corrected chi connectivity index (χ4v) is 2.47. The van der Waals surface area contributed by atoms with E-state index in [4.69, 9.17) is 14.9 Å². The van der Waals surface area contributed by atoms with Crippen LogP contribution in [0, 0.1) is 5.92 Å². The number of rotatable bonds is 4. The standard InChI is InChI=1S/C15H18N2O6/c18-13(19)11-6-12(8-17(7-11)15(21)22)16-14(20)23-9-10-4-2-1-3-5-10/h1-5,11-12H,6-9H2,(H,16,20)(H,18,19)(H,21,22)/t11-,12+/m1/s1. The first-order valence-corrected chi connectivity index (χ1v) is 7.13. The van der Waals surface area contributed by atoms with Crippen LogP contribution in [-0.4, -0.2) is 52.4 Å². The second-order valence-corrected chi connectivity index (χ2v) is 5.36. The first kappa shape index (κ1) is 16.6. The first-order chi connectivity index (χ1) is 11.0. The molecule has 0 aromatic heterocycles. The van der Waals surface area contributed by atoms with Gasteiger partial charge < -0.3 is 25.2 Å². The third-order valence-corrected chi connectivity index (χ3v) is 3.61. The van der Waals surface area contributed by atoms with Gasteiger partial charge in [-0.1, -0.05) is 30.3 Å². The van der Waals surface area contributed by atoms with Gasteiger partial charge in [-0.25, -0.2) is 9.59 Å². The van der Waals surface area contributed by atoms with Gasteiger partial charge in [0.05, 0.1) is 12.0 Å². The molecular formula is C15H18N2O6. The minimum Gasteiger partial charge on any atom is -0.481 e. The maximum absolute atomic E-state index is 11.8. The molecule has 0 radical (unpaired) electrons. The molecule has 0 saturated carbocycles. The molecule has 2 atom stereocenters. The molecule has 8 heteroatoms. The molecule has 1 saturated heterocycles. The van der Waals surface area contributed by atoms with E-state index in [-0.39, 0.29) is 26.1 Å². The topological polar surface area (TPSA) is 116 Å². The zero-order valence-electron chi connectivity index (χ0n) is 12.3. The average Bonchev–Trinajstić information content (AvgIpc) is 2.53. The van der Waals surface area contributed by atoms with E-state index in [9.17, 15) is 14.4 Å². The van der Waals surface area contributed by atoms with Crippen LogP contribution in [-0.2, 0) is 16.1 Å². The lowest BCUT2D eigenvalue weighted by atomic mass is 9.94. The number of ether oxygens (including phenoxy) is 1. The Hall–Kier alpha value is -2.77. The van der Waals surface area contributed by atoms with Crippen LogP contribution in [0.5, 0.6) is 0 Å². The number of likely N-dealkylation sites (tertiary alicyclic amines) is 1. The van der Waals surface area contributed by atoms with E-state index in [0.29, 0.717) is 0 Å². The van der Waals surface area contributed by atoms with Crippen molar-refractivity contribution in [1.29, 1.82) is 0 Å². The van der Waals surface area contributed by atoms with Crippen LogP contribution >= 0.6 is 0 Å². The number of hydrogen-bond acceptors (Lipinski definition) is 4. The number of aliphatic carboxylic acids is 1. The highest BCUT2D eigenvalue weighted by molar-refractivity contribution is 5.73. The smallest absolute Gasteiger partial charge is 0.407 e. The van der Waals surface area contributed by atoms with Gasteiger partial charge in [0.1, 0.15) is 6.61 Å². The highest BCUT2D eigenvalue weighted by Gasteiger charge is 2.34. The summed E-state index contributed by atoms with van der Waals surface area (Å²) in [7, 11) is 0. The number of benzene rings is 1. The van der Waals surface area contributed by atoms with E-state index in [1.807, 2.05) is 18.2 Å². The van der Waals surface area contributed by atoms with Crippen LogP contribution in [0.3, 0.4) is 0 Å². The summed E-state index contributed by atoms with van der Waals surface area (Å²) in [5.41, 5.74) is 0.821. The van der Waals surface area contributed by atoms with Crippen molar-refractivity contribution < 1.29 is 29.3 Å². The van der Waals surface area contributed by atoms with E-state index in [2.05, 4.69) is 5.32 Å². The van der Waals surface area contributed by atoms with Crippen LogP contribution < -0.4 is 5.32 Å². The van der Waals surface area contributed by atoms with Crippen LogP contribution in [0.25, 0.3) is 0 Å². The third kappa shape index (κ3) is 4.87. The number of carbonyl (C=O) groups excluding carboxylic acids is 1. The van der Waals surface area contributed by atoms with Crippen molar-refractivity contribution in [1.82, 2.24) is 10.2 Å². The number of carbonyl (C=O) groups is 3. The fourth-order valence-electron chi connectivity index (χ4n) is 2.47. The molecule has 1 heterocycles. The van der Waals surface area contributed by atoms with Crippen molar-refractivity contribution in [2.45, 2.75) is 19.1 Å². The molecule has 1 aliphatic rings. The molecule has 0 spiro atoms. The molecule has 0 unspecified atom stereocenters. The van der Waals surface area contributed by atoms with Gasteiger partial charge >= 0.3 is 18.2 Å². The molecule has 8 nitrogen and oxygen atoms in total. The van der Waals surface area contributed by atoms with E-state index >= 15 is 0 Å². The Morgan fingerprint density at radius 1 is 1.17 bits per heavy atom. The second-order valence-electron chi connectivity index (χ2n) is 5.36. The molecule has 1 fully saturated rings. The van der Waals surface area contributed by atoms with E-state index < -0.39 is 30.1 Å². The summed E-state index contributed by atoms with van der Waals surface area (Å²) in [6.45, 7) is 0.0475. The normalized spacial score (nSPS) is 20.6. The molecule has 1 aliphatic heterocycles. The Labute approximate surface area is 132 Å². The molecular weight excluding hydrogens is 304 g/mol. The molecule has 23 heavy (non-hydrogen) atoms. The average molecular weight is 322 g/mol. The summed E-state index contributed by atoms with van der Waals surface area (Å²) in [6.07, 6.45) is -1.74. The number of nitrogens with one attached hydrogen (secondary N) is 1. The number of amides is 2. The Bertz CT molecular complexity index is 555. The van der Waals surface area contributed by atoms with Crippen LogP contribution in [0.15, 0.2) is 30.3 Å². The second kappa shape index (κ2) is 7.48. The van der Waals surface area contributed by atoms with E-state index in [1.165, 1.54) is 0 Å². The third-order valence-electron chi connectivity index (χ3n) is 3.61. The summed E-state index contributed by atoms with van der Waals surface area (Å²) < 4.78 is 5.06. The van der Waals surface area contributed by atoms with Gasteiger partial charge in [0.2, 0.25) is 0 Å². The first-order valence-electron chi connectivity index (χ1n) is 7.13. The van der Waals surface area contributed by atoms with Crippen LogP contribution in [0.1, 0.15) is 12.0 Å². The number of nitrogens with zero attached hydrogens (tertiary/aromatic N) is 1. The van der Waals surface area contributed by atoms with Crippen LogP contribution in [0.4, 0.5) is 9.59 Å². The van der Waals surface area contributed by atoms with E-state index in [0.717, 1.165) is 10.5 Å². The summed E-state index contributed by atoms with van der Waals surface area (Å²) in [4.78, 5) is 34.9. The highest BCUT2D eigenvalue weighted by Crippen LogP contribution is 2.17. The van der Waals surface area contributed by atoms with E-state index in [1.54, 1.807) is 12.1 Å². The SMILES string of the molecule is O=C(N[C@H]1C[C@@H](C(=O)O)CN(C(=O)O)C1)OCc1ccccc1. The lowest BCUT2D eigenvalue weighted by molar-refractivity contribution is -0.143. The number of carboxylic acids is 1. The lowest BCUT2D eigenvalue weighted by Crippen LogP contribution is -2.53. The molecule has 0 aliphatic carbocycles. The van der Waals surface area contributed by atoms with Crippen molar-refractivity contribution in [3.63, 3.8) is 0 Å². The number of piperidine rings is 1. The van der Waals surface area contributed by atoms with Crippen molar-refractivity contribution in [3.8, 4) is 0 Å². The predicted molar refractivity (Wildman–Crippen MR) is 78.9 cm³/mol. The van der Waals surface area contributed by atoms with Gasteiger partial charge in [-0.3, -0.25) is 4.79 Å². The quantitative estimate of drug-likeness (QED) is 0.771. The zero-order chi connectivity index (χ0) is 16.8. The van der Waals surface area contributed by atoms with Gasteiger partial charge in [0.15, 0.2) is 0 Å². The van der Waals surface area contributed by atoms with Crippen molar-refractivity contribution in [2.24, 2.45) is 5.92 Å². The van der Waals surface area contributed by atoms with Gasteiger partial charge in [0.25, 0.3) is 0 Å². The van der Waals surface area contributed by atoms with Crippen molar-refractivity contribution in [2.75, 3.05) is 13.1 Å². The number of carboxylic acid groups (broad SMARTS) is 2. The molecule has 2 amide bonds. The Kier molecular flexibility index (Phi) is 5.40. The van der Waals surface area contributed by atoms with Gasteiger partial charge in [0, 0.05) is 13.1 Å². The monoisotopic (exact) mass is 322 g/mol. The molecule has 0 bridgehead atoms. The molecule has 1 aromatic carbocycles. The molecule has 2 rings (SSSR count). The fraction of sp³-hybridized carbons (Fsp3) is 0.400.